The van der Waals surface area contributed by atoms with Crippen molar-refractivity contribution in [2.75, 3.05) is 18.9 Å². The van der Waals surface area contributed by atoms with Gasteiger partial charge in [0, 0.05) is 5.75 Å². The number of carbonyl (C=O) groups is 5. The maximum absolute atomic E-state index is 12.4. The quantitative estimate of drug-likeness (QED) is 0.0875. The van der Waals surface area contributed by atoms with E-state index in [-0.39, 0.29) is 5.75 Å². The van der Waals surface area contributed by atoms with Gasteiger partial charge < -0.3 is 42.7 Å². The number of aliphatic carboxylic acids is 2. The van der Waals surface area contributed by atoms with Crippen LogP contribution in [0.15, 0.2) is 0 Å². The lowest BCUT2D eigenvalue weighted by molar-refractivity contribution is -0.144. The summed E-state index contributed by atoms with van der Waals surface area (Å²) in [7, 11) is 0. The Kier molecular flexibility index (Phi) is 13.4. The second-order valence-corrected chi connectivity index (χ2v) is 6.74. The van der Waals surface area contributed by atoms with Crippen molar-refractivity contribution in [3.05, 3.63) is 0 Å². The van der Waals surface area contributed by atoms with Gasteiger partial charge in [0.15, 0.2) is 0 Å². The number of amides is 3. The first-order chi connectivity index (χ1) is 14.1. The molecule has 0 rings (SSSR count). The van der Waals surface area contributed by atoms with Crippen molar-refractivity contribution < 1.29 is 39.3 Å². The van der Waals surface area contributed by atoms with Crippen LogP contribution in [0.1, 0.15) is 25.7 Å². The average molecular weight is 452 g/mol. The number of rotatable bonds is 15. The molecule has 4 unspecified atom stereocenters. The highest BCUT2D eigenvalue weighted by Gasteiger charge is 2.31. The van der Waals surface area contributed by atoms with Gasteiger partial charge in [0.25, 0.3) is 0 Å². The molecule has 14 heteroatoms. The van der Waals surface area contributed by atoms with Crippen LogP contribution in [0.5, 0.6) is 0 Å². The lowest BCUT2D eigenvalue weighted by Crippen LogP contribution is -2.58. The summed E-state index contributed by atoms with van der Waals surface area (Å²) in [6, 6.07) is -5.46. The molecule has 0 aromatic rings. The summed E-state index contributed by atoms with van der Waals surface area (Å²) in [5.41, 5.74) is 11.1. The predicted octanol–water partition coefficient (Wildman–Crippen LogP) is -3.62. The van der Waals surface area contributed by atoms with E-state index in [9.17, 15) is 24.0 Å². The highest BCUT2D eigenvalue weighted by Crippen LogP contribution is 2.01. The van der Waals surface area contributed by atoms with E-state index in [1.807, 2.05) is 5.32 Å². The number of hydrogen-bond donors (Lipinski definition) is 9. The van der Waals surface area contributed by atoms with E-state index < -0.39 is 66.9 Å². The molecule has 0 aliphatic rings. The van der Waals surface area contributed by atoms with Crippen LogP contribution in [0.25, 0.3) is 0 Å². The third kappa shape index (κ3) is 10.4. The Balaban J connectivity index is 5.08. The van der Waals surface area contributed by atoms with Gasteiger partial charge in [-0.15, -0.1) is 0 Å². The number of carboxylic acid groups (broad SMARTS) is 2. The van der Waals surface area contributed by atoms with Crippen molar-refractivity contribution in [3.63, 3.8) is 0 Å². The van der Waals surface area contributed by atoms with Gasteiger partial charge in [0.1, 0.15) is 18.1 Å². The molecule has 0 fully saturated rings. The van der Waals surface area contributed by atoms with Gasteiger partial charge in [0.2, 0.25) is 17.7 Å². The van der Waals surface area contributed by atoms with Crippen molar-refractivity contribution in [1.82, 2.24) is 16.0 Å². The van der Waals surface area contributed by atoms with Crippen LogP contribution in [0, 0.1) is 0 Å². The molecule has 13 nitrogen and oxygen atoms in total. The van der Waals surface area contributed by atoms with Crippen LogP contribution in [0.2, 0.25) is 0 Å². The van der Waals surface area contributed by atoms with Gasteiger partial charge in [0.05, 0.1) is 19.1 Å². The summed E-state index contributed by atoms with van der Waals surface area (Å²) in [4.78, 5) is 58.6. The second-order valence-electron chi connectivity index (χ2n) is 6.38. The number of nitrogens with one attached hydrogen (secondary N) is 3. The third-order valence-electron chi connectivity index (χ3n) is 3.93. The van der Waals surface area contributed by atoms with E-state index in [4.69, 9.17) is 26.8 Å². The van der Waals surface area contributed by atoms with E-state index in [1.165, 1.54) is 0 Å². The van der Waals surface area contributed by atoms with E-state index >= 15 is 0 Å². The Morgan fingerprint density at radius 3 is 1.87 bits per heavy atom. The largest absolute Gasteiger partial charge is 0.481 e. The molecule has 172 valence electrons. The average Bonchev–Trinajstić information content (AvgIpc) is 2.68. The first-order valence-corrected chi connectivity index (χ1v) is 9.73. The van der Waals surface area contributed by atoms with Gasteiger partial charge in [-0.2, -0.15) is 12.6 Å². The molecule has 0 spiro atoms. The van der Waals surface area contributed by atoms with Crippen LogP contribution in [0.4, 0.5) is 0 Å². The Morgan fingerprint density at radius 1 is 0.867 bits per heavy atom. The normalized spacial score (nSPS) is 14.7. The Bertz CT molecular complexity index is 620. The minimum absolute atomic E-state index is 0.178. The fraction of sp³-hybridized carbons (Fsp3) is 0.688. The molecule has 0 aliphatic heterocycles. The molecule has 0 aromatic heterocycles. The number of unbranched alkanes of at least 4 members (excludes halogenated alkanes) is 1. The SMILES string of the molecule is NCCCCC(N)C(=O)NC(CS)C(=O)NC(CC(=O)O)C(=O)NC(CO)C(=O)O. The second kappa shape index (κ2) is 14.5. The number of hydrogen-bond acceptors (Lipinski definition) is 9. The highest BCUT2D eigenvalue weighted by molar-refractivity contribution is 7.80. The van der Waals surface area contributed by atoms with E-state index in [0.29, 0.717) is 25.8 Å². The van der Waals surface area contributed by atoms with Gasteiger partial charge in [-0.3, -0.25) is 19.2 Å². The summed E-state index contributed by atoms with van der Waals surface area (Å²) < 4.78 is 0. The predicted molar refractivity (Wildman–Crippen MR) is 108 cm³/mol. The van der Waals surface area contributed by atoms with Crippen molar-refractivity contribution in [2.45, 2.75) is 49.9 Å². The fourth-order valence-corrected chi connectivity index (χ4v) is 2.48. The smallest absolute Gasteiger partial charge is 0.328 e. The summed E-state index contributed by atoms with van der Waals surface area (Å²) in [6.07, 6.45) is 0.765. The van der Waals surface area contributed by atoms with Crippen molar-refractivity contribution in [2.24, 2.45) is 11.5 Å². The first kappa shape index (κ1) is 27.6. The van der Waals surface area contributed by atoms with Crippen LogP contribution in [0.3, 0.4) is 0 Å². The molecule has 0 heterocycles. The fourth-order valence-electron chi connectivity index (χ4n) is 2.23. The molecular weight excluding hydrogens is 422 g/mol. The standard InChI is InChI=1S/C16H29N5O8S/c17-4-2-1-3-8(18)13(25)21-11(7-30)15(27)19-9(5-12(23)24)14(26)20-10(6-22)16(28)29/h8-11,22,30H,1-7,17-18H2,(H,19,27)(H,20,26)(H,21,25)(H,23,24)(H,28,29). The topological polar surface area (TPSA) is 234 Å². The molecule has 0 aliphatic carbocycles. The third-order valence-corrected chi connectivity index (χ3v) is 4.30. The van der Waals surface area contributed by atoms with Crippen molar-refractivity contribution in [1.29, 1.82) is 0 Å². The maximum Gasteiger partial charge on any atom is 0.328 e. The van der Waals surface area contributed by atoms with Gasteiger partial charge in [-0.05, 0) is 19.4 Å². The number of carbonyl (C=O) groups excluding carboxylic acids is 3. The zero-order chi connectivity index (χ0) is 23.3. The molecule has 0 radical (unpaired) electrons. The van der Waals surface area contributed by atoms with E-state index in [0.717, 1.165) is 0 Å². The number of thiol groups is 1. The minimum Gasteiger partial charge on any atom is -0.481 e. The van der Waals surface area contributed by atoms with Crippen LogP contribution in [-0.2, 0) is 24.0 Å². The molecule has 3 amide bonds. The summed E-state index contributed by atoms with van der Waals surface area (Å²) in [5.74, 6) is -5.84. The van der Waals surface area contributed by atoms with Gasteiger partial charge in [-0.25, -0.2) is 4.79 Å². The van der Waals surface area contributed by atoms with Gasteiger partial charge >= 0.3 is 11.9 Å². The van der Waals surface area contributed by atoms with E-state index in [1.54, 1.807) is 0 Å². The number of carboxylic acids is 2. The lowest BCUT2D eigenvalue weighted by atomic mass is 10.1. The molecule has 0 saturated carbocycles. The molecule has 0 bridgehead atoms. The number of nitrogens with two attached hydrogens (primary N) is 2. The molecular formula is C16H29N5O8S. The van der Waals surface area contributed by atoms with Crippen LogP contribution >= 0.6 is 12.6 Å². The van der Waals surface area contributed by atoms with Gasteiger partial charge in [-0.1, -0.05) is 6.42 Å². The summed E-state index contributed by atoms with van der Waals surface area (Å²) in [5, 5.41) is 33.2. The molecule has 0 saturated heterocycles. The van der Waals surface area contributed by atoms with Crippen LogP contribution in [-0.4, -0.2) is 88.1 Å². The lowest BCUT2D eigenvalue weighted by Gasteiger charge is -2.23. The van der Waals surface area contributed by atoms with Crippen molar-refractivity contribution >= 4 is 42.3 Å². The first-order valence-electron chi connectivity index (χ1n) is 9.10. The summed E-state index contributed by atoms with van der Waals surface area (Å²) >= 11 is 3.96. The number of aliphatic hydroxyl groups excluding tert-OH is 1. The van der Waals surface area contributed by atoms with Crippen LogP contribution < -0.4 is 27.4 Å². The van der Waals surface area contributed by atoms with E-state index in [2.05, 4.69) is 23.3 Å². The molecule has 4 atom stereocenters. The zero-order valence-corrected chi connectivity index (χ0v) is 17.1. The molecule has 0 aromatic carbocycles. The molecule has 10 N–H and O–H groups in total. The highest BCUT2D eigenvalue weighted by atomic mass is 32.1. The minimum atomic E-state index is -1.68. The zero-order valence-electron chi connectivity index (χ0n) is 16.2. The monoisotopic (exact) mass is 451 g/mol. The Labute approximate surface area is 178 Å². The Hall–Kier alpha value is -2.42. The van der Waals surface area contributed by atoms with Crippen molar-refractivity contribution in [3.8, 4) is 0 Å². The number of aliphatic hydroxyl groups is 1. The Morgan fingerprint density at radius 2 is 1.40 bits per heavy atom. The molecule has 30 heavy (non-hydrogen) atoms. The maximum atomic E-state index is 12.4. The summed E-state index contributed by atoms with van der Waals surface area (Å²) in [6.45, 7) is -0.492.